The fourth-order valence-electron chi connectivity index (χ4n) is 12.9. The molecule has 674 valence electrons. The first-order valence-electron chi connectivity index (χ1n) is 39.2. The first-order valence-corrected chi connectivity index (χ1v) is 39.2. The Kier molecular flexibility index (Phi) is 40.4. The minimum absolute atomic E-state index is 0.144. The first-order chi connectivity index (χ1) is 58.5. The van der Waals surface area contributed by atoms with E-state index in [4.69, 9.17) is 39.3 Å². The molecule has 0 bridgehead atoms. The Hall–Kier alpha value is -12.4. The van der Waals surface area contributed by atoms with Gasteiger partial charge in [-0.25, -0.2) is 4.79 Å². The van der Waals surface area contributed by atoms with Crippen LogP contribution in [-0.2, 0) is 60.4 Å². The minimum atomic E-state index is -2.91. The first kappa shape index (κ1) is 102. The van der Waals surface area contributed by atoms with E-state index in [0.717, 1.165) is 73.5 Å². The smallest absolute Gasteiger partial charge is 0.387 e. The Morgan fingerprint density at radius 2 is 0.742 bits per heavy atom. The van der Waals surface area contributed by atoms with Gasteiger partial charge in [-0.05, 0) is 189 Å². The number of benzene rings is 7. The molecule has 10 aromatic rings. The Labute approximate surface area is 718 Å². The van der Waals surface area contributed by atoms with Crippen molar-refractivity contribution in [1.82, 2.24) is 44.9 Å². The van der Waals surface area contributed by atoms with Crippen LogP contribution >= 0.6 is 0 Å². The van der Waals surface area contributed by atoms with Crippen molar-refractivity contribution in [2.24, 2.45) is 26.9 Å². The summed E-state index contributed by atoms with van der Waals surface area (Å²) < 4.78 is 154. The van der Waals surface area contributed by atoms with Gasteiger partial charge in [0.15, 0.2) is 0 Å². The molecule has 0 saturated carbocycles. The highest BCUT2D eigenvalue weighted by molar-refractivity contribution is 5.93. The van der Waals surface area contributed by atoms with Gasteiger partial charge in [0.05, 0.1) is 66.3 Å². The lowest BCUT2D eigenvalue weighted by Crippen LogP contribution is -2.32. The van der Waals surface area contributed by atoms with E-state index in [9.17, 15) is 54.3 Å². The number of carboxylic acid groups (broad SMARTS) is 1. The maximum atomic E-state index is 13.8. The standard InChI is InChI=1S/C27H33F2N3O4.C19H23F2NO3.C18H23F2N3O2.C10H10F2O2.C9H13NO2.C8H12N2O2/c1-16(2)22-13-23(31(5)30-22)26(33)32(15-20-8-9-21(34-6)12-24(20)35-7)14-19-10-17(3)25(18(4)11-19)36-27(28)29;1-12-7-14(8-13(2)18(12)25-19(20)21)10-22-11-15-5-6-16(23-3)9-17(15)24-4;1-10(2)14-8-15(23(5)22-14)17(24)21-9-13-6-11(3)16(12(4)7-13)25-18(19)20;1-6-3-8(5-13)4-7(2)9(6)14-10(11)12;1-11-8-4-3-7(6-10)9(5-8)12-2;1-5(2)6-4-7(8(11)12)10(3)9-6/h8-13,16,27H,14-15H2,1-7H3;5-9,19,22H,10-11H2,1-4H3;6-8,10,18H,9H2,1-5H3,(H,21,24);3-5,10H,1-2H3;3-5H,6,10H2,1-2H3;4-5H,1-3H3,(H,11,12). The summed E-state index contributed by atoms with van der Waals surface area (Å²) in [6, 6.07) is 35.6. The fourth-order valence-corrected chi connectivity index (χ4v) is 12.9. The van der Waals surface area contributed by atoms with Crippen LogP contribution in [0.3, 0.4) is 0 Å². The topological polar surface area (TPSA) is 288 Å². The number of rotatable bonds is 32. The third-order valence-corrected chi connectivity index (χ3v) is 19.0. The van der Waals surface area contributed by atoms with Crippen molar-refractivity contribution in [3.63, 3.8) is 0 Å². The summed E-state index contributed by atoms with van der Waals surface area (Å²) in [7, 11) is 14.7. The Bertz CT molecular complexity index is 5080. The molecule has 7 aromatic carbocycles. The van der Waals surface area contributed by atoms with Crippen LogP contribution in [0, 0.1) is 55.4 Å². The van der Waals surface area contributed by atoms with Gasteiger partial charge in [0.2, 0.25) is 0 Å². The largest absolute Gasteiger partial charge is 0.497 e. The normalized spacial score (nSPS) is 10.8. The number of aryl methyl sites for hydroxylation is 11. The second kappa shape index (κ2) is 49.0. The number of nitrogens with zero attached hydrogens (tertiary/aromatic N) is 7. The third-order valence-electron chi connectivity index (χ3n) is 19.0. The minimum Gasteiger partial charge on any atom is -0.497 e. The van der Waals surface area contributed by atoms with E-state index in [1.54, 1.807) is 182 Å². The number of ether oxygens (including phenoxy) is 10. The monoisotopic (exact) mass is 1740 g/mol. The number of amides is 2. The zero-order valence-corrected chi connectivity index (χ0v) is 74.3. The van der Waals surface area contributed by atoms with Crippen LogP contribution in [0.15, 0.2) is 121 Å². The van der Waals surface area contributed by atoms with Crippen molar-refractivity contribution < 1.29 is 107 Å². The lowest BCUT2D eigenvalue weighted by molar-refractivity contribution is -0.0513. The van der Waals surface area contributed by atoms with Crippen molar-refractivity contribution >= 4 is 24.1 Å². The van der Waals surface area contributed by atoms with Crippen LogP contribution in [0.1, 0.15) is 196 Å². The fraction of sp³-hybridized carbons (Fsp3) is 0.396. The lowest BCUT2D eigenvalue weighted by atomic mass is 10.0. The number of carboxylic acids is 1. The van der Waals surface area contributed by atoms with Crippen molar-refractivity contribution in [2.75, 3.05) is 42.7 Å². The predicted molar refractivity (Wildman–Crippen MR) is 456 cm³/mol. The molecule has 0 radical (unpaired) electrons. The molecule has 0 fully saturated rings. The number of nitrogens with two attached hydrogens (primary N) is 1. The molecule has 0 atom stereocenters. The van der Waals surface area contributed by atoms with Crippen molar-refractivity contribution in [3.05, 3.63) is 239 Å². The number of carbonyl (C=O) groups excluding carboxylic acids is 3. The molecule has 2 amide bonds. The van der Waals surface area contributed by atoms with E-state index in [2.05, 4.69) is 44.9 Å². The summed E-state index contributed by atoms with van der Waals surface area (Å²) in [5.41, 5.74) is 19.8. The molecule has 3 heterocycles. The molecule has 0 aliphatic carbocycles. The van der Waals surface area contributed by atoms with Gasteiger partial charge in [0.25, 0.3) is 11.8 Å². The predicted octanol–water partition coefficient (Wildman–Crippen LogP) is 18.6. The average Bonchev–Trinajstić information content (AvgIpc) is 1.50. The van der Waals surface area contributed by atoms with Crippen LogP contribution in [-0.4, -0.2) is 133 Å². The van der Waals surface area contributed by atoms with Crippen molar-refractivity contribution in [2.45, 2.75) is 180 Å². The molecule has 124 heavy (non-hydrogen) atoms. The van der Waals surface area contributed by atoms with Crippen LogP contribution in [0.25, 0.3) is 0 Å². The lowest BCUT2D eigenvalue weighted by Gasteiger charge is -2.25. The number of nitrogens with one attached hydrogen (secondary N) is 2. The quantitative estimate of drug-likeness (QED) is 0.0225. The van der Waals surface area contributed by atoms with E-state index in [1.807, 2.05) is 102 Å². The number of alkyl halides is 8. The molecule has 0 spiro atoms. The van der Waals surface area contributed by atoms with Gasteiger partial charge in [-0.2, -0.15) is 50.4 Å². The zero-order chi connectivity index (χ0) is 92.7. The molecule has 0 saturated heterocycles. The van der Waals surface area contributed by atoms with Gasteiger partial charge in [0.1, 0.15) is 80.9 Å². The van der Waals surface area contributed by atoms with Crippen LogP contribution in [0.2, 0.25) is 0 Å². The summed E-state index contributed by atoms with van der Waals surface area (Å²) in [5, 5.41) is 27.8. The maximum Gasteiger partial charge on any atom is 0.387 e. The van der Waals surface area contributed by atoms with E-state index >= 15 is 0 Å². The Morgan fingerprint density at radius 3 is 1.08 bits per heavy atom. The average molecular weight is 1740 g/mol. The number of hydrogen-bond acceptors (Lipinski definition) is 19. The van der Waals surface area contributed by atoms with E-state index in [0.29, 0.717) is 98.9 Å². The summed E-state index contributed by atoms with van der Waals surface area (Å²) in [4.78, 5) is 48.9. The highest BCUT2D eigenvalue weighted by atomic mass is 19.3. The van der Waals surface area contributed by atoms with Crippen LogP contribution in [0.5, 0.6) is 57.5 Å². The van der Waals surface area contributed by atoms with Crippen LogP contribution < -0.4 is 63.7 Å². The summed E-state index contributed by atoms with van der Waals surface area (Å²) >= 11 is 0. The highest BCUT2D eigenvalue weighted by Crippen LogP contribution is 2.34. The van der Waals surface area contributed by atoms with Gasteiger partial charge in [-0.15, -0.1) is 0 Å². The zero-order valence-electron chi connectivity index (χ0n) is 74.3. The third kappa shape index (κ3) is 30.6. The molecule has 10 rings (SSSR count). The highest BCUT2D eigenvalue weighted by Gasteiger charge is 2.26. The van der Waals surface area contributed by atoms with Crippen molar-refractivity contribution in [1.29, 1.82) is 0 Å². The number of methoxy groups -OCH3 is 6. The van der Waals surface area contributed by atoms with Gasteiger partial charge >= 0.3 is 32.4 Å². The number of aldehydes is 1. The SMILES string of the molecule is CC(C)c1cc(C(=O)O)n(C)n1.COc1ccc(CN(Cc2cc(C)c(OC(F)F)c(C)c2)C(=O)c2cc(C(C)C)nn2C)c(OC)c1.COc1ccc(CN)c(OC)c1.COc1ccc(CNCc2cc(C)c(OC(F)F)c(C)c2)c(OC)c1.Cc1cc(C=O)cc(C)c1OC(F)F.Cc1cc(CNC(=O)c2cc(C(C)C)nn2C)cc(C)c1OC(F)F. The molecule has 0 aliphatic heterocycles. The number of halogens is 8. The van der Waals surface area contributed by atoms with E-state index in [1.165, 1.54) is 16.8 Å². The molecule has 25 nitrogen and oxygen atoms in total. The number of aromatic nitrogens is 6. The van der Waals surface area contributed by atoms with Gasteiger partial charge < -0.3 is 73.7 Å². The van der Waals surface area contributed by atoms with Crippen molar-refractivity contribution in [3.8, 4) is 57.5 Å². The van der Waals surface area contributed by atoms with Gasteiger partial charge in [0, 0.05) is 94.3 Å². The second-order valence-electron chi connectivity index (χ2n) is 29.5. The number of hydrogen-bond donors (Lipinski definition) is 4. The molecular weight excluding hydrogens is 1630 g/mol. The Morgan fingerprint density at radius 1 is 0.419 bits per heavy atom. The molecular formula is C91H114F8N10O15. The number of carbonyl (C=O) groups is 4. The molecule has 5 N–H and O–H groups in total. The molecule has 0 aliphatic rings. The molecule has 33 heteroatoms. The Balaban J connectivity index is 0.000000277. The van der Waals surface area contributed by atoms with Crippen LogP contribution in [0.4, 0.5) is 35.1 Å². The summed E-state index contributed by atoms with van der Waals surface area (Å²) in [6.07, 6.45) is 0.673. The summed E-state index contributed by atoms with van der Waals surface area (Å²) in [6.45, 7) is 16.7. The van der Waals surface area contributed by atoms with E-state index < -0.39 is 32.4 Å². The second-order valence-corrected chi connectivity index (χ2v) is 29.5. The van der Waals surface area contributed by atoms with E-state index in [-0.39, 0.29) is 77.9 Å². The van der Waals surface area contributed by atoms with Gasteiger partial charge in [-0.1, -0.05) is 90.1 Å². The molecule has 3 aromatic heterocycles. The molecule has 0 unspecified atom stereocenters. The van der Waals surface area contributed by atoms with Gasteiger partial charge in [-0.3, -0.25) is 28.4 Å². The summed E-state index contributed by atoms with van der Waals surface area (Å²) in [5.74, 6) is 4.29. The number of aromatic carboxylic acids is 1. The maximum absolute atomic E-state index is 13.8.